The van der Waals surface area contributed by atoms with Crippen LogP contribution in [0.4, 0.5) is 0 Å². The van der Waals surface area contributed by atoms with Crippen LogP contribution in [0.5, 0.6) is 0 Å². The summed E-state index contributed by atoms with van der Waals surface area (Å²) in [5, 5.41) is 61.9. The summed E-state index contributed by atoms with van der Waals surface area (Å²) in [4.78, 5) is 12.2. The van der Waals surface area contributed by atoms with Crippen molar-refractivity contribution in [1.82, 2.24) is 0 Å². The standard InChI is InChI=1S/C21H32O10/c1-9-10-3-5-20(2)12(23)4-6-21(28,17(20)16(10)31-18(9)27)8-29-19-15(26)14(25)13(24)11(7-22)30-19/h10-17,19,22-26,28H,1,3-8H2,2H3. The molecule has 0 aromatic carbocycles. The fourth-order valence-corrected chi connectivity index (χ4v) is 6.03. The average molecular weight is 444 g/mol. The topological polar surface area (TPSA) is 166 Å². The summed E-state index contributed by atoms with van der Waals surface area (Å²) >= 11 is 0. The molecule has 0 spiro atoms. The summed E-state index contributed by atoms with van der Waals surface area (Å²) in [6.45, 7) is 4.78. The van der Waals surface area contributed by atoms with Crippen LogP contribution in [0.3, 0.4) is 0 Å². The van der Waals surface area contributed by atoms with Crippen LogP contribution in [0, 0.1) is 17.3 Å². The first kappa shape index (κ1) is 23.1. The molecule has 6 N–H and O–H groups in total. The van der Waals surface area contributed by atoms with Gasteiger partial charge in [-0.15, -0.1) is 0 Å². The molecule has 4 aliphatic rings. The van der Waals surface area contributed by atoms with Gasteiger partial charge in [0.25, 0.3) is 0 Å². The van der Waals surface area contributed by atoms with E-state index in [1.807, 2.05) is 6.92 Å². The molecule has 2 saturated carbocycles. The summed E-state index contributed by atoms with van der Waals surface area (Å²) in [5.41, 5.74) is -1.87. The first-order valence-corrected chi connectivity index (χ1v) is 10.8. The van der Waals surface area contributed by atoms with E-state index in [-0.39, 0.29) is 18.9 Å². The zero-order valence-electron chi connectivity index (χ0n) is 17.5. The molecule has 2 aliphatic carbocycles. The van der Waals surface area contributed by atoms with E-state index in [1.54, 1.807) is 0 Å². The highest BCUT2D eigenvalue weighted by atomic mass is 16.7. The van der Waals surface area contributed by atoms with E-state index in [9.17, 15) is 35.4 Å². The second-order valence-electron chi connectivity index (χ2n) is 9.69. The van der Waals surface area contributed by atoms with Crippen molar-refractivity contribution in [2.45, 2.75) is 81.1 Å². The molecule has 0 amide bonds. The minimum Gasteiger partial charge on any atom is -0.458 e. The Hall–Kier alpha value is -1.11. The van der Waals surface area contributed by atoms with Gasteiger partial charge in [0.1, 0.15) is 30.5 Å². The van der Waals surface area contributed by atoms with Crippen LogP contribution >= 0.6 is 0 Å². The van der Waals surface area contributed by atoms with Crippen molar-refractivity contribution in [3.63, 3.8) is 0 Å². The minimum atomic E-state index is -1.60. The zero-order valence-corrected chi connectivity index (χ0v) is 17.5. The van der Waals surface area contributed by atoms with Gasteiger partial charge >= 0.3 is 5.97 Å². The van der Waals surface area contributed by atoms with Gasteiger partial charge in [0.05, 0.1) is 24.9 Å². The summed E-state index contributed by atoms with van der Waals surface area (Å²) in [6, 6.07) is 0. The maximum absolute atomic E-state index is 12.2. The largest absolute Gasteiger partial charge is 0.458 e. The number of carbonyl (C=O) groups is 1. The molecule has 11 unspecified atom stereocenters. The summed E-state index contributed by atoms with van der Waals surface area (Å²) < 4.78 is 16.6. The maximum Gasteiger partial charge on any atom is 0.334 e. The average Bonchev–Trinajstić information content (AvgIpc) is 3.02. The summed E-state index contributed by atoms with van der Waals surface area (Å²) in [6.07, 6.45) is -6.91. The van der Waals surface area contributed by atoms with Gasteiger partial charge in [-0.1, -0.05) is 13.5 Å². The summed E-state index contributed by atoms with van der Waals surface area (Å²) in [7, 11) is 0. The molecule has 10 nitrogen and oxygen atoms in total. The van der Waals surface area contributed by atoms with Crippen LogP contribution < -0.4 is 0 Å². The van der Waals surface area contributed by atoms with E-state index >= 15 is 0 Å². The van der Waals surface area contributed by atoms with E-state index in [0.29, 0.717) is 24.8 Å². The number of carbonyl (C=O) groups excluding carboxylic acids is 1. The van der Waals surface area contributed by atoms with Crippen molar-refractivity contribution in [1.29, 1.82) is 0 Å². The lowest BCUT2D eigenvalue weighted by molar-refractivity contribution is -0.319. The third kappa shape index (κ3) is 3.53. The van der Waals surface area contributed by atoms with Gasteiger partial charge in [-0.25, -0.2) is 4.79 Å². The smallest absolute Gasteiger partial charge is 0.334 e. The minimum absolute atomic E-state index is 0.166. The highest BCUT2D eigenvalue weighted by molar-refractivity contribution is 5.91. The molecule has 0 aromatic rings. The molecule has 4 rings (SSSR count). The Bertz CT molecular complexity index is 727. The molecule has 2 saturated heterocycles. The lowest BCUT2D eigenvalue weighted by Crippen LogP contribution is -2.66. The van der Waals surface area contributed by atoms with E-state index < -0.39 is 72.4 Å². The van der Waals surface area contributed by atoms with Crippen LogP contribution in [0.15, 0.2) is 12.2 Å². The number of hydrogen-bond donors (Lipinski definition) is 6. The first-order chi connectivity index (χ1) is 14.5. The third-order valence-corrected chi connectivity index (χ3v) is 7.92. The number of fused-ring (bicyclic) bond motifs is 3. The molecule has 176 valence electrons. The second-order valence-corrected chi connectivity index (χ2v) is 9.69. The van der Waals surface area contributed by atoms with Crippen LogP contribution in [0.1, 0.15) is 32.6 Å². The van der Waals surface area contributed by atoms with Crippen molar-refractivity contribution >= 4 is 5.97 Å². The van der Waals surface area contributed by atoms with E-state index in [4.69, 9.17) is 14.2 Å². The highest BCUT2D eigenvalue weighted by Gasteiger charge is 2.64. The Kier molecular flexibility index (Phi) is 5.98. The van der Waals surface area contributed by atoms with Gasteiger partial charge in [0, 0.05) is 22.8 Å². The van der Waals surface area contributed by atoms with Gasteiger partial charge in [0.2, 0.25) is 0 Å². The monoisotopic (exact) mass is 444 g/mol. The number of hydrogen-bond acceptors (Lipinski definition) is 10. The van der Waals surface area contributed by atoms with E-state index in [1.165, 1.54) is 0 Å². The van der Waals surface area contributed by atoms with E-state index in [0.717, 1.165) is 0 Å². The molecule has 4 fully saturated rings. The molecule has 0 aromatic heterocycles. The Labute approximate surface area is 180 Å². The molecular weight excluding hydrogens is 412 g/mol. The maximum atomic E-state index is 12.2. The summed E-state index contributed by atoms with van der Waals surface area (Å²) in [5.74, 6) is -1.40. The van der Waals surface area contributed by atoms with Gasteiger partial charge in [0.15, 0.2) is 6.29 Å². The third-order valence-electron chi connectivity index (χ3n) is 7.92. The second kappa shape index (κ2) is 8.03. The molecule has 31 heavy (non-hydrogen) atoms. The van der Waals surface area contributed by atoms with Gasteiger partial charge in [-0.3, -0.25) is 0 Å². The van der Waals surface area contributed by atoms with Crippen LogP contribution in [-0.2, 0) is 19.0 Å². The molecule has 2 aliphatic heterocycles. The molecule has 11 atom stereocenters. The molecular formula is C21H32O10. The molecule has 10 heteroatoms. The lowest BCUT2D eigenvalue weighted by atomic mass is 9.51. The Balaban J connectivity index is 1.57. The van der Waals surface area contributed by atoms with Crippen molar-refractivity contribution in [2.75, 3.05) is 13.2 Å². The fourth-order valence-electron chi connectivity index (χ4n) is 6.03. The molecule has 0 radical (unpaired) electrons. The Morgan fingerprint density at radius 2 is 1.84 bits per heavy atom. The predicted octanol–water partition coefficient (Wildman–Crippen LogP) is -1.80. The van der Waals surface area contributed by atoms with Crippen LogP contribution in [0.2, 0.25) is 0 Å². The number of rotatable bonds is 4. The van der Waals surface area contributed by atoms with Crippen molar-refractivity contribution in [2.24, 2.45) is 17.3 Å². The number of esters is 1. The molecule has 2 heterocycles. The number of aliphatic hydroxyl groups excluding tert-OH is 5. The van der Waals surface area contributed by atoms with E-state index in [2.05, 4.69) is 6.58 Å². The van der Waals surface area contributed by atoms with Crippen molar-refractivity contribution in [3.8, 4) is 0 Å². The zero-order chi connectivity index (χ0) is 22.7. The quantitative estimate of drug-likeness (QED) is 0.215. The van der Waals surface area contributed by atoms with Crippen molar-refractivity contribution < 1.29 is 49.6 Å². The predicted molar refractivity (Wildman–Crippen MR) is 103 cm³/mol. The first-order valence-electron chi connectivity index (χ1n) is 10.8. The number of ether oxygens (including phenoxy) is 3. The lowest BCUT2D eigenvalue weighted by Gasteiger charge is -2.58. The van der Waals surface area contributed by atoms with Crippen molar-refractivity contribution in [3.05, 3.63) is 12.2 Å². The Morgan fingerprint density at radius 3 is 2.52 bits per heavy atom. The van der Waals surface area contributed by atoms with Crippen LogP contribution in [-0.4, -0.2) is 98.3 Å². The van der Waals surface area contributed by atoms with Gasteiger partial charge < -0.3 is 44.8 Å². The highest BCUT2D eigenvalue weighted by Crippen LogP contribution is 2.59. The SMILES string of the molecule is C=C1C(=O)OC2C1CCC1(C)C(O)CCC(O)(COC3OC(CO)C(O)C(O)C3O)C21. The normalized spacial score (nSPS) is 52.4. The van der Waals surface area contributed by atoms with Crippen LogP contribution in [0.25, 0.3) is 0 Å². The number of aliphatic hydroxyl groups is 6. The fraction of sp³-hybridized carbons (Fsp3) is 0.857. The Morgan fingerprint density at radius 1 is 1.13 bits per heavy atom. The molecule has 0 bridgehead atoms. The van der Waals surface area contributed by atoms with Gasteiger partial charge in [-0.2, -0.15) is 0 Å². The van der Waals surface area contributed by atoms with Gasteiger partial charge in [-0.05, 0) is 25.7 Å².